The molecule has 1 saturated carbocycles. The Morgan fingerprint density at radius 2 is 2.16 bits per heavy atom. The molecular weight excluding hydrogens is 323 g/mol. The highest BCUT2D eigenvalue weighted by atomic mass is 79.9. The summed E-state index contributed by atoms with van der Waals surface area (Å²) in [5.74, 6) is 0.104. The van der Waals surface area contributed by atoms with Crippen LogP contribution in [-0.2, 0) is 6.18 Å². The van der Waals surface area contributed by atoms with E-state index in [1.54, 1.807) is 0 Å². The fourth-order valence-electron chi connectivity index (χ4n) is 2.45. The van der Waals surface area contributed by atoms with Crippen molar-refractivity contribution in [2.75, 3.05) is 11.9 Å². The van der Waals surface area contributed by atoms with Crippen molar-refractivity contribution in [3.8, 4) is 0 Å². The SMILES string of the molecule is NCC1CCCC1Nc1ncc(Br)cc1C(F)(F)F. The molecule has 7 heteroatoms. The second-order valence-electron chi connectivity index (χ2n) is 4.72. The van der Waals surface area contributed by atoms with Crippen LogP contribution in [0, 0.1) is 5.92 Å². The molecule has 1 aliphatic carbocycles. The van der Waals surface area contributed by atoms with E-state index < -0.39 is 11.7 Å². The third kappa shape index (κ3) is 3.39. The molecule has 0 radical (unpaired) electrons. The van der Waals surface area contributed by atoms with Gasteiger partial charge in [-0.05, 0) is 47.3 Å². The molecule has 0 saturated heterocycles. The third-order valence-corrected chi connectivity index (χ3v) is 3.88. The number of aromatic nitrogens is 1. The highest BCUT2D eigenvalue weighted by Crippen LogP contribution is 2.37. The van der Waals surface area contributed by atoms with Crippen LogP contribution in [0.4, 0.5) is 19.0 Å². The fourth-order valence-corrected chi connectivity index (χ4v) is 2.79. The third-order valence-electron chi connectivity index (χ3n) is 3.44. The monoisotopic (exact) mass is 337 g/mol. The number of halogens is 4. The van der Waals surface area contributed by atoms with E-state index >= 15 is 0 Å². The zero-order chi connectivity index (χ0) is 14.0. The van der Waals surface area contributed by atoms with Crippen molar-refractivity contribution in [2.45, 2.75) is 31.5 Å². The van der Waals surface area contributed by atoms with Crippen molar-refractivity contribution in [3.63, 3.8) is 0 Å². The van der Waals surface area contributed by atoms with Crippen LogP contribution in [0.3, 0.4) is 0 Å². The maximum atomic E-state index is 13.0. The van der Waals surface area contributed by atoms with Crippen LogP contribution < -0.4 is 11.1 Å². The molecule has 0 aliphatic heterocycles. The Kier molecular flexibility index (Phi) is 4.35. The van der Waals surface area contributed by atoms with E-state index in [9.17, 15) is 13.2 Å². The van der Waals surface area contributed by atoms with E-state index in [-0.39, 0.29) is 17.8 Å². The number of nitrogens with two attached hydrogens (primary N) is 1. The van der Waals surface area contributed by atoms with Gasteiger partial charge in [-0.2, -0.15) is 13.2 Å². The second-order valence-corrected chi connectivity index (χ2v) is 5.64. The minimum atomic E-state index is -4.42. The number of alkyl halides is 3. The minimum Gasteiger partial charge on any atom is -0.367 e. The topological polar surface area (TPSA) is 50.9 Å². The van der Waals surface area contributed by atoms with E-state index in [4.69, 9.17) is 5.73 Å². The van der Waals surface area contributed by atoms with Crippen LogP contribution in [0.5, 0.6) is 0 Å². The number of anilines is 1. The molecule has 0 spiro atoms. The number of hydrogen-bond donors (Lipinski definition) is 2. The largest absolute Gasteiger partial charge is 0.419 e. The lowest BCUT2D eigenvalue weighted by Crippen LogP contribution is -2.30. The first kappa shape index (κ1) is 14.6. The maximum Gasteiger partial charge on any atom is 0.419 e. The molecule has 0 amide bonds. The molecule has 2 unspecified atom stereocenters. The highest BCUT2D eigenvalue weighted by molar-refractivity contribution is 9.10. The lowest BCUT2D eigenvalue weighted by Gasteiger charge is -2.22. The van der Waals surface area contributed by atoms with Gasteiger partial charge in [0, 0.05) is 16.7 Å². The van der Waals surface area contributed by atoms with Gasteiger partial charge in [-0.15, -0.1) is 0 Å². The van der Waals surface area contributed by atoms with Crippen LogP contribution in [0.2, 0.25) is 0 Å². The Morgan fingerprint density at radius 1 is 1.42 bits per heavy atom. The van der Waals surface area contributed by atoms with Crippen LogP contribution >= 0.6 is 15.9 Å². The van der Waals surface area contributed by atoms with E-state index in [2.05, 4.69) is 26.2 Å². The van der Waals surface area contributed by atoms with Gasteiger partial charge in [0.05, 0.1) is 5.56 Å². The summed E-state index contributed by atoms with van der Waals surface area (Å²) in [6.07, 6.45) is -0.291. The number of rotatable bonds is 3. The number of nitrogens with one attached hydrogen (secondary N) is 1. The number of hydrogen-bond acceptors (Lipinski definition) is 3. The molecule has 1 aliphatic rings. The molecule has 3 nitrogen and oxygen atoms in total. The standard InChI is InChI=1S/C12H15BrF3N3/c13-8-4-9(12(14,15)16)11(18-6-8)19-10-3-1-2-7(10)5-17/h4,6-7,10H,1-3,5,17H2,(H,18,19). The van der Waals surface area contributed by atoms with Crippen LogP contribution in [-0.4, -0.2) is 17.6 Å². The van der Waals surface area contributed by atoms with Gasteiger partial charge in [-0.3, -0.25) is 0 Å². The van der Waals surface area contributed by atoms with Crippen molar-refractivity contribution in [1.82, 2.24) is 4.98 Å². The van der Waals surface area contributed by atoms with Crippen molar-refractivity contribution in [3.05, 3.63) is 22.3 Å². The van der Waals surface area contributed by atoms with E-state index in [1.165, 1.54) is 6.20 Å². The summed E-state index contributed by atoms with van der Waals surface area (Å²) < 4.78 is 39.2. The number of nitrogens with zero attached hydrogens (tertiary/aromatic N) is 1. The second kappa shape index (κ2) is 5.66. The lowest BCUT2D eigenvalue weighted by molar-refractivity contribution is -0.137. The summed E-state index contributed by atoms with van der Waals surface area (Å²) in [5.41, 5.74) is 4.89. The summed E-state index contributed by atoms with van der Waals surface area (Å²) in [6.45, 7) is 0.482. The van der Waals surface area contributed by atoms with Gasteiger partial charge < -0.3 is 11.1 Å². The molecule has 1 aromatic rings. The maximum absolute atomic E-state index is 13.0. The Balaban J connectivity index is 2.25. The molecule has 19 heavy (non-hydrogen) atoms. The summed E-state index contributed by atoms with van der Waals surface area (Å²) in [7, 11) is 0. The fraction of sp³-hybridized carbons (Fsp3) is 0.583. The first-order valence-corrected chi connectivity index (χ1v) is 6.90. The summed E-state index contributed by atoms with van der Waals surface area (Å²) in [6, 6.07) is 1.02. The van der Waals surface area contributed by atoms with Gasteiger partial charge in [0.1, 0.15) is 5.82 Å². The molecule has 1 aromatic heterocycles. The van der Waals surface area contributed by atoms with E-state index in [0.717, 1.165) is 25.3 Å². The van der Waals surface area contributed by atoms with Crippen LogP contribution in [0.1, 0.15) is 24.8 Å². The molecular formula is C12H15BrF3N3. The molecule has 2 atom stereocenters. The van der Waals surface area contributed by atoms with Gasteiger partial charge in [0.2, 0.25) is 0 Å². The first-order chi connectivity index (χ1) is 8.91. The van der Waals surface area contributed by atoms with Gasteiger partial charge >= 0.3 is 6.18 Å². The van der Waals surface area contributed by atoms with Gasteiger partial charge in [0.25, 0.3) is 0 Å². The molecule has 3 N–H and O–H groups in total. The molecule has 1 fully saturated rings. The Morgan fingerprint density at radius 3 is 2.79 bits per heavy atom. The molecule has 0 aromatic carbocycles. The summed E-state index contributed by atoms with van der Waals surface area (Å²) >= 11 is 3.02. The van der Waals surface area contributed by atoms with Crippen molar-refractivity contribution < 1.29 is 13.2 Å². The average molecular weight is 338 g/mol. The van der Waals surface area contributed by atoms with Crippen molar-refractivity contribution in [1.29, 1.82) is 0 Å². The van der Waals surface area contributed by atoms with Gasteiger partial charge in [-0.1, -0.05) is 6.42 Å². The average Bonchev–Trinajstić information content (AvgIpc) is 2.77. The van der Waals surface area contributed by atoms with Crippen LogP contribution in [0.15, 0.2) is 16.7 Å². The van der Waals surface area contributed by atoms with Crippen molar-refractivity contribution in [2.24, 2.45) is 11.7 Å². The first-order valence-electron chi connectivity index (χ1n) is 6.11. The normalized spacial score (nSPS) is 23.6. The predicted molar refractivity (Wildman–Crippen MR) is 70.7 cm³/mol. The predicted octanol–water partition coefficient (Wildman–Crippen LogP) is 3.40. The smallest absolute Gasteiger partial charge is 0.367 e. The quantitative estimate of drug-likeness (QED) is 0.888. The zero-order valence-corrected chi connectivity index (χ0v) is 11.8. The lowest BCUT2D eigenvalue weighted by atomic mass is 10.0. The van der Waals surface area contributed by atoms with E-state index in [0.29, 0.717) is 11.0 Å². The molecule has 0 bridgehead atoms. The van der Waals surface area contributed by atoms with Gasteiger partial charge in [0.15, 0.2) is 0 Å². The molecule has 1 heterocycles. The molecule has 2 rings (SSSR count). The Bertz CT molecular complexity index is 450. The molecule has 106 valence electrons. The van der Waals surface area contributed by atoms with Crippen LogP contribution in [0.25, 0.3) is 0 Å². The Hall–Kier alpha value is -0.820. The van der Waals surface area contributed by atoms with E-state index in [1.807, 2.05) is 0 Å². The zero-order valence-electron chi connectivity index (χ0n) is 10.2. The number of pyridine rings is 1. The minimum absolute atomic E-state index is 0.0280. The van der Waals surface area contributed by atoms with Crippen molar-refractivity contribution >= 4 is 21.7 Å². The summed E-state index contributed by atoms with van der Waals surface area (Å²) in [4.78, 5) is 3.86. The Labute approximate surface area is 117 Å². The highest BCUT2D eigenvalue weighted by Gasteiger charge is 2.36. The summed E-state index contributed by atoms with van der Waals surface area (Å²) in [5, 5.41) is 2.91. The van der Waals surface area contributed by atoms with Gasteiger partial charge in [-0.25, -0.2) is 4.98 Å².